The van der Waals surface area contributed by atoms with Gasteiger partial charge in [-0.2, -0.15) is 0 Å². The molecule has 1 aromatic carbocycles. The van der Waals surface area contributed by atoms with Crippen LogP contribution in [0, 0.1) is 5.82 Å². The van der Waals surface area contributed by atoms with E-state index < -0.39 is 0 Å². The smallest absolute Gasteiger partial charge is 0.257 e. The Morgan fingerprint density at radius 2 is 1.96 bits per heavy atom. The van der Waals surface area contributed by atoms with Crippen LogP contribution in [-0.4, -0.2) is 52.9 Å². The highest BCUT2D eigenvalue weighted by Gasteiger charge is 2.35. The Morgan fingerprint density at radius 1 is 1.14 bits per heavy atom. The van der Waals surface area contributed by atoms with Gasteiger partial charge in [-0.1, -0.05) is 29.3 Å². The number of hydrogen-bond donors (Lipinski definition) is 1. The van der Waals surface area contributed by atoms with E-state index >= 15 is 0 Å². The molecule has 0 bridgehead atoms. The molecule has 0 radical (unpaired) electrons. The number of rotatable bonds is 2. The van der Waals surface area contributed by atoms with Crippen LogP contribution in [0.25, 0.3) is 0 Å². The minimum Gasteiger partial charge on any atom is -0.384 e. The van der Waals surface area contributed by atoms with Crippen molar-refractivity contribution in [3.05, 3.63) is 57.5 Å². The molecule has 2 aliphatic rings. The van der Waals surface area contributed by atoms with Crippen LogP contribution in [0.2, 0.25) is 10.0 Å². The summed E-state index contributed by atoms with van der Waals surface area (Å²) in [5.41, 5.74) is 7.08. The van der Waals surface area contributed by atoms with E-state index in [0.29, 0.717) is 41.5 Å². The van der Waals surface area contributed by atoms with Crippen molar-refractivity contribution in [2.24, 2.45) is 0 Å². The van der Waals surface area contributed by atoms with E-state index in [-0.39, 0.29) is 16.7 Å². The second-order valence-electron chi connectivity index (χ2n) is 7.44. The number of nitrogens with zero attached hydrogens (tertiary/aromatic N) is 3. The number of carbonyl (C=O) groups is 1. The Bertz CT molecular complexity index is 910. The van der Waals surface area contributed by atoms with Gasteiger partial charge >= 0.3 is 0 Å². The van der Waals surface area contributed by atoms with Gasteiger partial charge in [0.2, 0.25) is 0 Å². The van der Waals surface area contributed by atoms with Gasteiger partial charge in [0.05, 0.1) is 15.6 Å². The summed E-state index contributed by atoms with van der Waals surface area (Å²) in [6, 6.07) is 6.81. The molecule has 4 rings (SSSR count). The first-order valence-electron chi connectivity index (χ1n) is 9.31. The number of piperidine rings is 1. The van der Waals surface area contributed by atoms with Crippen molar-refractivity contribution < 1.29 is 9.18 Å². The van der Waals surface area contributed by atoms with Crippen molar-refractivity contribution in [2.75, 3.05) is 31.9 Å². The van der Waals surface area contributed by atoms with Gasteiger partial charge in [-0.05, 0) is 42.5 Å². The highest BCUT2D eigenvalue weighted by Crippen LogP contribution is 2.33. The fraction of sp³-hybridized carbons (Fsp3) is 0.400. The fourth-order valence-electron chi connectivity index (χ4n) is 4.17. The molecular weight excluding hydrogens is 402 g/mol. The lowest BCUT2D eigenvalue weighted by molar-refractivity contribution is 0.0329. The van der Waals surface area contributed by atoms with Gasteiger partial charge in [-0.3, -0.25) is 9.69 Å². The number of pyridine rings is 1. The first-order chi connectivity index (χ1) is 13.4. The Kier molecular flexibility index (Phi) is 5.45. The summed E-state index contributed by atoms with van der Waals surface area (Å²) in [6.07, 6.45) is 3.40. The average molecular weight is 423 g/mol. The van der Waals surface area contributed by atoms with Crippen molar-refractivity contribution in [2.45, 2.75) is 24.8 Å². The molecule has 2 atom stereocenters. The molecule has 2 aromatic rings. The maximum atomic E-state index is 13.4. The summed E-state index contributed by atoms with van der Waals surface area (Å²) in [6.45, 7) is 2.98. The molecule has 2 fully saturated rings. The number of fused-ring (bicyclic) bond motifs is 1. The van der Waals surface area contributed by atoms with E-state index in [1.54, 1.807) is 6.07 Å². The lowest BCUT2D eigenvalue weighted by atomic mass is 9.86. The molecule has 28 heavy (non-hydrogen) atoms. The Labute approximate surface area is 173 Å². The van der Waals surface area contributed by atoms with Crippen molar-refractivity contribution in [3.63, 3.8) is 0 Å². The van der Waals surface area contributed by atoms with Gasteiger partial charge in [0.15, 0.2) is 0 Å². The molecule has 0 aliphatic carbocycles. The van der Waals surface area contributed by atoms with Crippen LogP contribution in [0.3, 0.4) is 0 Å². The zero-order chi connectivity index (χ0) is 19.8. The van der Waals surface area contributed by atoms with Crippen LogP contribution in [-0.2, 0) is 0 Å². The van der Waals surface area contributed by atoms with Crippen molar-refractivity contribution in [1.82, 2.24) is 14.8 Å². The molecule has 0 saturated carbocycles. The van der Waals surface area contributed by atoms with Crippen molar-refractivity contribution in [1.29, 1.82) is 0 Å². The largest absolute Gasteiger partial charge is 0.384 e. The van der Waals surface area contributed by atoms with Crippen molar-refractivity contribution >= 4 is 34.9 Å². The topological polar surface area (TPSA) is 62.5 Å². The molecule has 148 valence electrons. The quantitative estimate of drug-likeness (QED) is 0.798. The molecule has 3 heterocycles. The van der Waals surface area contributed by atoms with Gasteiger partial charge in [-0.25, -0.2) is 9.37 Å². The number of amides is 1. The summed E-state index contributed by atoms with van der Waals surface area (Å²) in [4.78, 5) is 21.1. The Hall–Kier alpha value is -1.89. The fourth-order valence-corrected chi connectivity index (χ4v) is 4.60. The molecule has 8 heteroatoms. The second kappa shape index (κ2) is 7.85. The minimum absolute atomic E-state index is 0.107. The summed E-state index contributed by atoms with van der Waals surface area (Å²) in [7, 11) is 0. The van der Waals surface area contributed by atoms with Gasteiger partial charge in [0.1, 0.15) is 11.6 Å². The maximum Gasteiger partial charge on any atom is 0.257 e. The molecule has 2 N–H and O–H groups in total. The Morgan fingerprint density at radius 3 is 2.71 bits per heavy atom. The Balaban J connectivity index is 1.42. The number of piperazine rings is 1. The highest BCUT2D eigenvalue weighted by molar-refractivity contribution is 6.34. The number of carbonyl (C=O) groups excluding carboxylic acids is 1. The van der Waals surface area contributed by atoms with E-state index in [0.717, 1.165) is 31.5 Å². The van der Waals surface area contributed by atoms with Crippen LogP contribution < -0.4 is 5.73 Å². The van der Waals surface area contributed by atoms with Crippen LogP contribution in [0.1, 0.15) is 34.7 Å². The van der Waals surface area contributed by atoms with Gasteiger partial charge < -0.3 is 10.6 Å². The minimum atomic E-state index is -0.387. The van der Waals surface area contributed by atoms with Gasteiger partial charge in [0.25, 0.3) is 5.91 Å². The third-order valence-electron chi connectivity index (χ3n) is 5.72. The van der Waals surface area contributed by atoms with E-state index in [9.17, 15) is 9.18 Å². The summed E-state index contributed by atoms with van der Waals surface area (Å²) >= 11 is 12.1. The number of benzene rings is 1. The SMILES string of the molecule is Nc1cc(Cl)c(C(=O)N2CCN3CC(c4ccc(F)c(Cl)c4)CCC3C2)cn1. The van der Waals surface area contributed by atoms with E-state index in [1.807, 2.05) is 11.0 Å². The molecule has 1 aromatic heterocycles. The van der Waals surface area contributed by atoms with Crippen LogP contribution >= 0.6 is 23.2 Å². The monoisotopic (exact) mass is 422 g/mol. The van der Waals surface area contributed by atoms with Gasteiger partial charge in [0, 0.05) is 38.4 Å². The zero-order valence-electron chi connectivity index (χ0n) is 15.2. The summed E-state index contributed by atoms with van der Waals surface area (Å²) < 4.78 is 13.4. The first-order valence-corrected chi connectivity index (χ1v) is 10.1. The summed E-state index contributed by atoms with van der Waals surface area (Å²) in [5.74, 6) is 0.129. The number of halogens is 3. The standard InChI is InChI=1S/C20H21Cl2FN4O/c21-16-8-19(24)25-9-15(16)20(28)27-6-5-26-10-13(1-3-14(26)11-27)12-2-4-18(23)17(22)7-12/h2,4,7-9,13-14H,1,3,5-6,10-11H2,(H2,24,25). The van der Waals surface area contributed by atoms with Crippen LogP contribution in [0.15, 0.2) is 30.5 Å². The molecule has 5 nitrogen and oxygen atoms in total. The molecule has 2 saturated heterocycles. The highest BCUT2D eigenvalue weighted by atomic mass is 35.5. The third-order valence-corrected chi connectivity index (χ3v) is 6.32. The first kappa shape index (κ1) is 19.4. The summed E-state index contributed by atoms with van der Waals surface area (Å²) in [5, 5.41) is 0.501. The maximum absolute atomic E-state index is 13.4. The van der Waals surface area contributed by atoms with Crippen LogP contribution in [0.4, 0.5) is 10.2 Å². The molecule has 1 amide bonds. The lowest BCUT2D eigenvalue weighted by Gasteiger charge is -2.46. The van der Waals surface area contributed by atoms with Crippen molar-refractivity contribution in [3.8, 4) is 0 Å². The number of nitrogen functional groups attached to an aromatic ring is 1. The normalized spacial score (nSPS) is 22.8. The van der Waals surface area contributed by atoms with E-state index in [1.165, 1.54) is 18.3 Å². The molecule has 2 aliphatic heterocycles. The predicted molar refractivity (Wildman–Crippen MR) is 108 cm³/mol. The molecule has 2 unspecified atom stereocenters. The predicted octanol–water partition coefficient (Wildman–Crippen LogP) is 3.81. The number of anilines is 1. The number of aromatic nitrogens is 1. The zero-order valence-corrected chi connectivity index (χ0v) is 16.8. The molecule has 0 spiro atoms. The van der Waals surface area contributed by atoms with E-state index in [2.05, 4.69) is 9.88 Å². The second-order valence-corrected chi connectivity index (χ2v) is 8.25. The van der Waals surface area contributed by atoms with Gasteiger partial charge in [-0.15, -0.1) is 0 Å². The average Bonchev–Trinajstić information content (AvgIpc) is 2.69. The number of hydrogen-bond acceptors (Lipinski definition) is 4. The lowest BCUT2D eigenvalue weighted by Crippen LogP contribution is -2.57. The van der Waals surface area contributed by atoms with E-state index in [4.69, 9.17) is 28.9 Å². The molecular formula is C20H21Cl2FN4O. The third kappa shape index (κ3) is 3.81. The number of nitrogens with two attached hydrogens (primary N) is 1. The van der Waals surface area contributed by atoms with Crippen LogP contribution in [0.5, 0.6) is 0 Å².